The molecule has 0 saturated carbocycles. The number of aromatic nitrogens is 1. The summed E-state index contributed by atoms with van der Waals surface area (Å²) in [5.74, 6) is -1.85. The van der Waals surface area contributed by atoms with Crippen LogP contribution in [0.3, 0.4) is 0 Å². The van der Waals surface area contributed by atoms with Gasteiger partial charge in [-0.1, -0.05) is 17.7 Å². The second-order valence-corrected chi connectivity index (χ2v) is 7.36. The number of imide groups is 1. The number of carbonyl (C=O) groups excluding carboxylic acids is 2. The molecule has 0 fully saturated rings. The number of amides is 3. The standard InChI is InChI=1S/C22H14ClF6N3O4/c1-35-16-4-2-3-15(23)18(16)19(33)32-20(34)31-13-5-6-17(30-10-13)36-14-8-11(21(24,25)26)7-12(9-14)22(27,28)29/h2-10H,1H3,(H2,31,32,33,34). The molecule has 1 aromatic heterocycles. The van der Waals surface area contributed by atoms with Crippen LogP contribution in [0.15, 0.2) is 54.7 Å². The van der Waals surface area contributed by atoms with Crippen LogP contribution in [0.25, 0.3) is 0 Å². The lowest BCUT2D eigenvalue weighted by Crippen LogP contribution is -2.34. The number of alkyl halides is 6. The van der Waals surface area contributed by atoms with E-state index in [1.165, 1.54) is 31.4 Å². The summed E-state index contributed by atoms with van der Waals surface area (Å²) < 4.78 is 88.0. The Labute approximate surface area is 204 Å². The Hall–Kier alpha value is -4.00. The fraction of sp³-hybridized carbons (Fsp3) is 0.136. The van der Waals surface area contributed by atoms with Crippen molar-refractivity contribution in [1.29, 1.82) is 0 Å². The molecule has 0 aliphatic rings. The molecule has 3 amide bonds. The average molecular weight is 534 g/mol. The van der Waals surface area contributed by atoms with E-state index in [1.807, 2.05) is 5.32 Å². The van der Waals surface area contributed by atoms with E-state index in [0.29, 0.717) is 12.1 Å². The molecule has 14 heteroatoms. The second kappa shape index (κ2) is 10.3. The van der Waals surface area contributed by atoms with Crippen LogP contribution in [0.5, 0.6) is 17.4 Å². The number of urea groups is 1. The highest BCUT2D eigenvalue weighted by Gasteiger charge is 2.37. The van der Waals surface area contributed by atoms with Crippen molar-refractivity contribution in [3.05, 3.63) is 76.4 Å². The third-order valence-corrected chi connectivity index (χ3v) is 4.74. The molecule has 190 valence electrons. The predicted molar refractivity (Wildman–Crippen MR) is 115 cm³/mol. The maximum atomic E-state index is 13.0. The zero-order valence-electron chi connectivity index (χ0n) is 17.9. The zero-order chi connectivity index (χ0) is 26.7. The molecule has 0 bridgehead atoms. The van der Waals surface area contributed by atoms with Crippen molar-refractivity contribution in [2.24, 2.45) is 0 Å². The molecule has 1 heterocycles. The van der Waals surface area contributed by atoms with Gasteiger partial charge in [-0.3, -0.25) is 10.1 Å². The molecule has 7 nitrogen and oxygen atoms in total. The summed E-state index contributed by atoms with van der Waals surface area (Å²) >= 11 is 5.98. The molecule has 3 rings (SSSR count). The number of rotatable bonds is 5. The third-order valence-electron chi connectivity index (χ3n) is 4.43. The highest BCUT2D eigenvalue weighted by Crippen LogP contribution is 2.39. The van der Waals surface area contributed by atoms with Gasteiger partial charge in [0, 0.05) is 6.07 Å². The summed E-state index contributed by atoms with van der Waals surface area (Å²) in [6.45, 7) is 0. The first-order chi connectivity index (χ1) is 16.8. The number of methoxy groups -OCH3 is 1. The molecule has 0 spiro atoms. The van der Waals surface area contributed by atoms with Crippen molar-refractivity contribution in [1.82, 2.24) is 10.3 Å². The topological polar surface area (TPSA) is 89.5 Å². The SMILES string of the molecule is COc1cccc(Cl)c1C(=O)NC(=O)Nc1ccc(Oc2cc(C(F)(F)F)cc(C(F)(F)F)c2)nc1. The molecule has 0 atom stereocenters. The van der Waals surface area contributed by atoms with Crippen LogP contribution in [-0.4, -0.2) is 24.0 Å². The maximum absolute atomic E-state index is 13.0. The number of hydrogen-bond donors (Lipinski definition) is 2. The number of carbonyl (C=O) groups is 2. The lowest BCUT2D eigenvalue weighted by molar-refractivity contribution is -0.143. The Bertz CT molecular complexity index is 1250. The number of nitrogens with zero attached hydrogens (tertiary/aromatic N) is 1. The number of nitrogens with one attached hydrogen (secondary N) is 2. The molecule has 2 aromatic carbocycles. The van der Waals surface area contributed by atoms with Crippen LogP contribution in [0, 0.1) is 0 Å². The highest BCUT2D eigenvalue weighted by atomic mass is 35.5. The summed E-state index contributed by atoms with van der Waals surface area (Å²) in [4.78, 5) is 28.3. The molecule has 0 saturated heterocycles. The fourth-order valence-corrected chi connectivity index (χ4v) is 3.10. The molecule has 0 radical (unpaired) electrons. The number of ether oxygens (including phenoxy) is 2. The summed E-state index contributed by atoms with van der Waals surface area (Å²) in [6, 6.07) is 6.47. The van der Waals surface area contributed by atoms with E-state index in [-0.39, 0.29) is 34.0 Å². The largest absolute Gasteiger partial charge is 0.496 e. The van der Waals surface area contributed by atoms with E-state index >= 15 is 0 Å². The molecule has 2 N–H and O–H groups in total. The van der Waals surface area contributed by atoms with Crippen LogP contribution in [0.1, 0.15) is 21.5 Å². The van der Waals surface area contributed by atoms with Crippen LogP contribution >= 0.6 is 11.6 Å². The van der Waals surface area contributed by atoms with Crippen molar-refractivity contribution in [2.45, 2.75) is 12.4 Å². The van der Waals surface area contributed by atoms with E-state index in [2.05, 4.69) is 10.3 Å². The molecule has 3 aromatic rings. The number of halogens is 7. The maximum Gasteiger partial charge on any atom is 0.416 e. The summed E-state index contributed by atoms with van der Waals surface area (Å²) in [7, 11) is 1.31. The van der Waals surface area contributed by atoms with Gasteiger partial charge >= 0.3 is 18.4 Å². The van der Waals surface area contributed by atoms with E-state index in [9.17, 15) is 35.9 Å². The van der Waals surface area contributed by atoms with Gasteiger partial charge in [0.2, 0.25) is 5.88 Å². The summed E-state index contributed by atoms with van der Waals surface area (Å²) in [5.41, 5.74) is -3.17. The van der Waals surface area contributed by atoms with Gasteiger partial charge in [0.15, 0.2) is 0 Å². The first-order valence-corrected chi connectivity index (χ1v) is 10.0. The Morgan fingerprint density at radius 2 is 1.58 bits per heavy atom. The van der Waals surface area contributed by atoms with Crippen molar-refractivity contribution in [3.63, 3.8) is 0 Å². The first-order valence-electron chi connectivity index (χ1n) is 9.66. The van der Waals surface area contributed by atoms with E-state index in [4.69, 9.17) is 21.1 Å². The van der Waals surface area contributed by atoms with Gasteiger partial charge < -0.3 is 14.8 Å². The average Bonchev–Trinajstić information content (AvgIpc) is 2.78. The number of pyridine rings is 1. The lowest BCUT2D eigenvalue weighted by atomic mass is 10.1. The molecular formula is C22H14ClF6N3O4. The molecular weight excluding hydrogens is 520 g/mol. The van der Waals surface area contributed by atoms with Gasteiger partial charge in [-0.05, 0) is 36.4 Å². The lowest BCUT2D eigenvalue weighted by Gasteiger charge is -2.14. The molecule has 36 heavy (non-hydrogen) atoms. The minimum absolute atomic E-state index is 0.0267. The van der Waals surface area contributed by atoms with E-state index in [0.717, 1.165) is 12.3 Å². The smallest absolute Gasteiger partial charge is 0.416 e. The minimum Gasteiger partial charge on any atom is -0.496 e. The Balaban J connectivity index is 1.71. The number of benzene rings is 2. The number of hydrogen-bond acceptors (Lipinski definition) is 5. The Morgan fingerprint density at radius 1 is 0.944 bits per heavy atom. The van der Waals surface area contributed by atoms with Gasteiger partial charge in [-0.2, -0.15) is 26.3 Å². The molecule has 0 aliphatic heterocycles. The van der Waals surface area contributed by atoms with Crippen molar-refractivity contribution < 1.29 is 45.4 Å². The van der Waals surface area contributed by atoms with Gasteiger partial charge in [0.05, 0.1) is 35.1 Å². The predicted octanol–water partition coefficient (Wildman–Crippen LogP) is 6.54. The second-order valence-electron chi connectivity index (χ2n) is 6.95. The Kier molecular flexibility index (Phi) is 7.62. The Morgan fingerprint density at radius 3 is 2.11 bits per heavy atom. The third kappa shape index (κ3) is 6.56. The summed E-state index contributed by atoms with van der Waals surface area (Å²) in [6.07, 6.45) is -9.08. The normalized spacial score (nSPS) is 11.6. The van der Waals surface area contributed by atoms with Crippen LogP contribution in [0.2, 0.25) is 5.02 Å². The van der Waals surface area contributed by atoms with Crippen molar-refractivity contribution in [2.75, 3.05) is 12.4 Å². The monoisotopic (exact) mass is 533 g/mol. The summed E-state index contributed by atoms with van der Waals surface area (Å²) in [5, 5.41) is 4.34. The highest BCUT2D eigenvalue weighted by molar-refractivity contribution is 6.34. The number of anilines is 1. The van der Waals surface area contributed by atoms with Gasteiger partial charge in [0.25, 0.3) is 5.91 Å². The van der Waals surface area contributed by atoms with Gasteiger partial charge in [0.1, 0.15) is 17.1 Å². The zero-order valence-corrected chi connectivity index (χ0v) is 18.7. The van der Waals surface area contributed by atoms with Crippen LogP contribution < -0.4 is 20.1 Å². The van der Waals surface area contributed by atoms with Gasteiger partial charge in [-0.15, -0.1) is 0 Å². The van der Waals surface area contributed by atoms with Gasteiger partial charge in [-0.25, -0.2) is 9.78 Å². The first kappa shape index (κ1) is 26.6. The minimum atomic E-state index is -5.04. The van der Waals surface area contributed by atoms with Crippen molar-refractivity contribution >= 4 is 29.2 Å². The van der Waals surface area contributed by atoms with Crippen molar-refractivity contribution in [3.8, 4) is 17.4 Å². The van der Waals surface area contributed by atoms with Crippen LogP contribution in [-0.2, 0) is 12.4 Å². The molecule has 0 aliphatic carbocycles. The molecule has 0 unspecified atom stereocenters. The van der Waals surface area contributed by atoms with E-state index in [1.54, 1.807) is 0 Å². The quantitative estimate of drug-likeness (QED) is 0.364. The van der Waals surface area contributed by atoms with Crippen LogP contribution in [0.4, 0.5) is 36.8 Å². The fourth-order valence-electron chi connectivity index (χ4n) is 2.84. The van der Waals surface area contributed by atoms with E-state index < -0.39 is 41.2 Å².